The van der Waals surface area contributed by atoms with Crippen molar-refractivity contribution in [2.75, 3.05) is 13.1 Å². The van der Waals surface area contributed by atoms with Crippen LogP contribution in [-0.4, -0.2) is 51.3 Å². The Kier molecular flexibility index (Phi) is 2.34. The average molecular weight is 228 g/mol. The molecule has 2 fully saturated rings. The molecule has 16 heavy (non-hydrogen) atoms. The van der Waals surface area contributed by atoms with Crippen LogP contribution >= 0.6 is 0 Å². The van der Waals surface area contributed by atoms with E-state index in [2.05, 4.69) is 5.32 Å². The predicted molar refractivity (Wildman–Crippen MR) is 54.9 cm³/mol. The lowest BCUT2D eigenvalue weighted by atomic mass is 10.1. The lowest BCUT2D eigenvalue weighted by molar-refractivity contribution is -0.140. The molecule has 2 rings (SSSR count). The molecular weight excluding hydrogens is 212 g/mol. The molecule has 6 heteroatoms. The van der Waals surface area contributed by atoms with Crippen LogP contribution < -0.4 is 5.32 Å². The highest BCUT2D eigenvalue weighted by Crippen LogP contribution is 2.36. The van der Waals surface area contributed by atoms with Crippen molar-refractivity contribution in [3.8, 4) is 0 Å². The van der Waals surface area contributed by atoms with E-state index in [1.54, 1.807) is 6.92 Å². The van der Waals surface area contributed by atoms with E-state index in [0.29, 0.717) is 25.8 Å². The molecule has 1 saturated heterocycles. The molecule has 0 aromatic rings. The zero-order valence-corrected chi connectivity index (χ0v) is 9.19. The molecule has 2 amide bonds. The van der Waals surface area contributed by atoms with E-state index >= 15 is 0 Å². The summed E-state index contributed by atoms with van der Waals surface area (Å²) in [6, 6.07) is -0.391. The number of urea groups is 1. The Balaban J connectivity index is 1.93. The molecule has 1 aliphatic carbocycles. The number of nitrogens with zero attached hydrogens (tertiary/aromatic N) is 1. The normalized spacial score (nSPS) is 31.2. The van der Waals surface area contributed by atoms with Gasteiger partial charge in [0.1, 0.15) is 5.54 Å². The molecule has 1 unspecified atom stereocenters. The van der Waals surface area contributed by atoms with Gasteiger partial charge in [-0.05, 0) is 26.2 Å². The molecule has 1 saturated carbocycles. The van der Waals surface area contributed by atoms with Gasteiger partial charge in [0.15, 0.2) is 0 Å². The van der Waals surface area contributed by atoms with E-state index < -0.39 is 23.1 Å². The number of aliphatic carboxylic acids is 1. The summed E-state index contributed by atoms with van der Waals surface area (Å²) in [5, 5.41) is 21.1. The Morgan fingerprint density at radius 3 is 2.31 bits per heavy atom. The molecule has 0 bridgehead atoms. The number of carboxylic acids is 1. The molecule has 90 valence electrons. The van der Waals surface area contributed by atoms with Crippen molar-refractivity contribution in [2.45, 2.75) is 37.3 Å². The van der Waals surface area contributed by atoms with Crippen molar-refractivity contribution >= 4 is 12.0 Å². The third kappa shape index (κ3) is 1.97. The molecule has 0 spiro atoms. The second-order valence-corrected chi connectivity index (χ2v) is 4.99. The van der Waals surface area contributed by atoms with Crippen LogP contribution in [0.4, 0.5) is 4.79 Å². The number of aliphatic hydroxyl groups is 1. The van der Waals surface area contributed by atoms with E-state index in [1.165, 1.54) is 4.90 Å². The van der Waals surface area contributed by atoms with E-state index in [0.717, 1.165) is 0 Å². The van der Waals surface area contributed by atoms with Crippen LogP contribution in [0.1, 0.15) is 26.2 Å². The zero-order valence-electron chi connectivity index (χ0n) is 9.19. The fourth-order valence-corrected chi connectivity index (χ4v) is 1.92. The summed E-state index contributed by atoms with van der Waals surface area (Å²) in [5.41, 5.74) is -1.90. The van der Waals surface area contributed by atoms with Crippen molar-refractivity contribution in [1.82, 2.24) is 10.2 Å². The molecule has 6 nitrogen and oxygen atoms in total. The first-order valence-corrected chi connectivity index (χ1v) is 5.38. The van der Waals surface area contributed by atoms with Gasteiger partial charge in [-0.1, -0.05) is 0 Å². The lowest BCUT2D eigenvalue weighted by Crippen LogP contribution is -2.49. The highest BCUT2D eigenvalue weighted by atomic mass is 16.4. The van der Waals surface area contributed by atoms with Gasteiger partial charge in [-0.15, -0.1) is 0 Å². The number of hydrogen-bond acceptors (Lipinski definition) is 3. The number of likely N-dealkylation sites (tertiary alicyclic amines) is 1. The summed E-state index contributed by atoms with van der Waals surface area (Å²) < 4.78 is 0. The Hall–Kier alpha value is -1.30. The average Bonchev–Trinajstić information content (AvgIpc) is 2.85. The van der Waals surface area contributed by atoms with Crippen molar-refractivity contribution in [3.63, 3.8) is 0 Å². The Labute approximate surface area is 93.2 Å². The number of rotatable bonds is 2. The molecule has 1 aliphatic heterocycles. The summed E-state index contributed by atoms with van der Waals surface area (Å²) in [7, 11) is 0. The van der Waals surface area contributed by atoms with Gasteiger partial charge in [0, 0.05) is 6.54 Å². The minimum absolute atomic E-state index is 0.258. The molecule has 0 aromatic carbocycles. The van der Waals surface area contributed by atoms with Gasteiger partial charge in [-0.3, -0.25) is 0 Å². The summed E-state index contributed by atoms with van der Waals surface area (Å²) in [6.07, 6.45) is 1.50. The minimum atomic E-state index is -1.05. The number of amides is 2. The van der Waals surface area contributed by atoms with Crippen molar-refractivity contribution in [2.24, 2.45) is 0 Å². The van der Waals surface area contributed by atoms with Crippen LogP contribution in [0.2, 0.25) is 0 Å². The van der Waals surface area contributed by atoms with Gasteiger partial charge in [-0.2, -0.15) is 0 Å². The van der Waals surface area contributed by atoms with E-state index in [4.69, 9.17) is 5.11 Å². The number of nitrogens with one attached hydrogen (secondary N) is 1. The smallest absolute Gasteiger partial charge is 0.329 e. The first-order valence-electron chi connectivity index (χ1n) is 5.38. The molecular formula is C10H16N2O4. The molecule has 2 aliphatic rings. The van der Waals surface area contributed by atoms with Crippen LogP contribution in [0.25, 0.3) is 0 Å². The second-order valence-electron chi connectivity index (χ2n) is 4.99. The lowest BCUT2D eigenvalue weighted by Gasteiger charge is -2.21. The number of carbonyl (C=O) groups is 2. The number of carbonyl (C=O) groups excluding carboxylic acids is 1. The standard InChI is InChI=1S/C10H16N2O4/c1-9(16)4-5-12(6-9)8(15)11-10(2-3-10)7(13)14/h16H,2-6H2,1H3,(H,11,15)(H,13,14). The van der Waals surface area contributed by atoms with Crippen LogP contribution in [0, 0.1) is 0 Å². The van der Waals surface area contributed by atoms with Crippen LogP contribution in [-0.2, 0) is 4.79 Å². The van der Waals surface area contributed by atoms with Crippen LogP contribution in [0.15, 0.2) is 0 Å². The monoisotopic (exact) mass is 228 g/mol. The van der Waals surface area contributed by atoms with Crippen LogP contribution in [0.5, 0.6) is 0 Å². The van der Waals surface area contributed by atoms with Crippen molar-refractivity contribution < 1.29 is 19.8 Å². The summed E-state index contributed by atoms with van der Waals surface area (Å²) >= 11 is 0. The quantitative estimate of drug-likeness (QED) is 0.609. The molecule has 1 atom stereocenters. The fraction of sp³-hybridized carbons (Fsp3) is 0.800. The van der Waals surface area contributed by atoms with Gasteiger partial charge < -0.3 is 20.4 Å². The van der Waals surface area contributed by atoms with Gasteiger partial charge in [0.25, 0.3) is 0 Å². The highest BCUT2D eigenvalue weighted by molar-refractivity contribution is 5.89. The molecule has 0 aromatic heterocycles. The highest BCUT2D eigenvalue weighted by Gasteiger charge is 2.52. The first kappa shape index (κ1) is 11.2. The summed E-state index contributed by atoms with van der Waals surface area (Å²) in [5.74, 6) is -0.980. The summed E-state index contributed by atoms with van der Waals surface area (Å²) in [6.45, 7) is 2.40. The Morgan fingerprint density at radius 2 is 1.94 bits per heavy atom. The van der Waals surface area contributed by atoms with Crippen LogP contribution in [0.3, 0.4) is 0 Å². The number of β-amino-alcohol motifs (C(OH)–C–C–N with tert-alkyl or cyclic N) is 1. The summed E-state index contributed by atoms with van der Waals surface area (Å²) in [4.78, 5) is 24.1. The van der Waals surface area contributed by atoms with Crippen molar-refractivity contribution in [1.29, 1.82) is 0 Å². The van der Waals surface area contributed by atoms with Gasteiger partial charge in [0.05, 0.1) is 12.1 Å². The maximum atomic E-state index is 11.7. The SMILES string of the molecule is CC1(O)CCN(C(=O)NC2(C(=O)O)CC2)C1. The largest absolute Gasteiger partial charge is 0.480 e. The Morgan fingerprint density at radius 1 is 1.31 bits per heavy atom. The predicted octanol–water partition coefficient (Wildman–Crippen LogP) is -0.230. The molecule has 1 heterocycles. The Bertz CT molecular complexity index is 336. The van der Waals surface area contributed by atoms with Gasteiger partial charge in [0.2, 0.25) is 0 Å². The van der Waals surface area contributed by atoms with Gasteiger partial charge >= 0.3 is 12.0 Å². The fourth-order valence-electron chi connectivity index (χ4n) is 1.92. The maximum absolute atomic E-state index is 11.7. The van der Waals surface area contributed by atoms with Crippen molar-refractivity contribution in [3.05, 3.63) is 0 Å². The third-order valence-corrected chi connectivity index (χ3v) is 3.24. The minimum Gasteiger partial charge on any atom is -0.480 e. The number of carboxylic acid groups (broad SMARTS) is 1. The zero-order chi connectivity index (χ0) is 12.0. The third-order valence-electron chi connectivity index (χ3n) is 3.24. The number of hydrogen-bond donors (Lipinski definition) is 3. The molecule has 0 radical (unpaired) electrons. The molecule has 3 N–H and O–H groups in total. The first-order chi connectivity index (χ1) is 7.35. The topological polar surface area (TPSA) is 89.9 Å². The van der Waals surface area contributed by atoms with Gasteiger partial charge in [-0.25, -0.2) is 9.59 Å². The second kappa shape index (κ2) is 3.35. The van der Waals surface area contributed by atoms with E-state index in [-0.39, 0.29) is 6.54 Å². The van der Waals surface area contributed by atoms with E-state index in [9.17, 15) is 14.7 Å². The van der Waals surface area contributed by atoms with E-state index in [1.807, 2.05) is 0 Å². The maximum Gasteiger partial charge on any atom is 0.329 e.